The number of allylic oxidation sites excluding steroid dienone is 2. The zero-order valence-corrected chi connectivity index (χ0v) is 14.8. The highest BCUT2D eigenvalue weighted by atomic mass is 19.4. The van der Waals surface area contributed by atoms with Gasteiger partial charge in [0.1, 0.15) is 6.04 Å². The summed E-state index contributed by atoms with van der Waals surface area (Å²) in [6, 6.07) is 6.20. The van der Waals surface area contributed by atoms with Crippen LogP contribution in [0.2, 0.25) is 0 Å². The van der Waals surface area contributed by atoms with Gasteiger partial charge < -0.3 is 15.4 Å². The van der Waals surface area contributed by atoms with E-state index in [2.05, 4.69) is 10.3 Å². The van der Waals surface area contributed by atoms with Crippen LogP contribution in [0.3, 0.4) is 0 Å². The second kappa shape index (κ2) is 6.44. The van der Waals surface area contributed by atoms with Gasteiger partial charge in [-0.2, -0.15) is 13.2 Å². The summed E-state index contributed by atoms with van der Waals surface area (Å²) < 4.78 is 38.6. The molecule has 1 heterocycles. The molecule has 3 N–H and O–H groups in total. The van der Waals surface area contributed by atoms with E-state index in [0.717, 1.165) is 16.5 Å². The molecule has 0 saturated carbocycles. The lowest BCUT2D eigenvalue weighted by Gasteiger charge is -2.41. The molecular weight excluding hydrogens is 361 g/mol. The molecule has 144 valence electrons. The molecule has 0 saturated heterocycles. The first kappa shape index (κ1) is 19.0. The summed E-state index contributed by atoms with van der Waals surface area (Å²) in [5.41, 5.74) is 0.287. The highest BCUT2D eigenvalue weighted by Crippen LogP contribution is 2.47. The van der Waals surface area contributed by atoms with E-state index < -0.39 is 29.4 Å². The van der Waals surface area contributed by atoms with Gasteiger partial charge in [-0.25, -0.2) is 4.79 Å². The number of halogens is 3. The highest BCUT2D eigenvalue weighted by molar-refractivity contribution is 6.03. The fraction of sp³-hybridized carbons (Fsp3) is 0.368. The average molecular weight is 380 g/mol. The third-order valence-electron chi connectivity index (χ3n) is 4.83. The van der Waals surface area contributed by atoms with Crippen molar-refractivity contribution in [2.24, 2.45) is 5.41 Å². The summed E-state index contributed by atoms with van der Waals surface area (Å²) in [7, 11) is 0. The Labute approximate surface area is 153 Å². The number of carbonyl (C=O) groups is 2. The molecule has 1 aliphatic carbocycles. The van der Waals surface area contributed by atoms with Gasteiger partial charge in [0.05, 0.1) is 0 Å². The largest absolute Gasteiger partial charge is 0.480 e. The van der Waals surface area contributed by atoms with E-state index in [4.69, 9.17) is 0 Å². The van der Waals surface area contributed by atoms with Crippen molar-refractivity contribution < 1.29 is 27.9 Å². The number of aromatic amines is 1. The van der Waals surface area contributed by atoms with Gasteiger partial charge in [0, 0.05) is 40.2 Å². The standard InChI is InChI=1S/C19H19F3N2O3/c1-18(2)8-14(15(18)16(25)19(20,21)22)24-13(17(26)27)7-10-9-23-12-6-4-3-5-11(10)12/h3-6,9,13,23-24H,7-8H2,1-2H3,(H,26,27). The number of aromatic nitrogens is 1. The number of benzene rings is 1. The van der Waals surface area contributed by atoms with Crippen LogP contribution >= 0.6 is 0 Å². The molecule has 5 nitrogen and oxygen atoms in total. The molecule has 0 amide bonds. The quantitative estimate of drug-likeness (QED) is 0.716. The first-order valence-electron chi connectivity index (χ1n) is 8.40. The minimum absolute atomic E-state index is 0.0505. The third-order valence-corrected chi connectivity index (χ3v) is 4.83. The predicted octanol–water partition coefficient (Wildman–Crippen LogP) is 3.57. The van der Waals surface area contributed by atoms with Crippen LogP contribution in [0.15, 0.2) is 41.7 Å². The summed E-state index contributed by atoms with van der Waals surface area (Å²) in [5.74, 6) is -3.12. The number of aliphatic carboxylic acids is 1. The number of para-hydroxylation sites is 1. The summed E-state index contributed by atoms with van der Waals surface area (Å²) in [6.07, 6.45) is -3.06. The van der Waals surface area contributed by atoms with Crippen molar-refractivity contribution in [2.45, 2.75) is 38.9 Å². The summed E-state index contributed by atoms with van der Waals surface area (Å²) in [4.78, 5) is 26.4. The smallest absolute Gasteiger partial charge is 0.454 e. The Morgan fingerprint density at radius 3 is 2.56 bits per heavy atom. The maximum atomic E-state index is 12.9. The van der Waals surface area contributed by atoms with Gasteiger partial charge in [-0.1, -0.05) is 32.0 Å². The molecule has 1 aromatic carbocycles. The lowest BCUT2D eigenvalue weighted by atomic mass is 9.67. The SMILES string of the molecule is CC1(C)CC(NC(Cc2c[nH]c3ccccc23)C(=O)O)=C1C(=O)C(F)(F)F. The van der Waals surface area contributed by atoms with Crippen LogP contribution in [0.25, 0.3) is 10.9 Å². The van der Waals surface area contributed by atoms with Crippen LogP contribution in [-0.4, -0.2) is 34.1 Å². The van der Waals surface area contributed by atoms with Gasteiger partial charge in [-0.3, -0.25) is 4.79 Å². The van der Waals surface area contributed by atoms with Gasteiger partial charge in [0.2, 0.25) is 0 Å². The number of carboxylic acid groups (broad SMARTS) is 1. The Hall–Kier alpha value is -2.77. The third kappa shape index (κ3) is 3.56. The summed E-state index contributed by atoms with van der Waals surface area (Å²) in [5, 5.41) is 13.0. The Morgan fingerprint density at radius 1 is 1.30 bits per heavy atom. The monoisotopic (exact) mass is 380 g/mol. The van der Waals surface area contributed by atoms with Crippen LogP contribution in [0.4, 0.5) is 13.2 Å². The van der Waals surface area contributed by atoms with Crippen molar-refractivity contribution >= 4 is 22.7 Å². The maximum absolute atomic E-state index is 12.9. The zero-order chi connectivity index (χ0) is 20.0. The molecule has 1 unspecified atom stereocenters. The highest BCUT2D eigenvalue weighted by Gasteiger charge is 2.51. The minimum Gasteiger partial charge on any atom is -0.480 e. The first-order chi connectivity index (χ1) is 12.5. The van der Waals surface area contributed by atoms with Gasteiger partial charge in [0.25, 0.3) is 5.78 Å². The zero-order valence-electron chi connectivity index (χ0n) is 14.8. The van der Waals surface area contributed by atoms with Crippen LogP contribution in [0.1, 0.15) is 25.8 Å². The van der Waals surface area contributed by atoms with Crippen molar-refractivity contribution in [3.8, 4) is 0 Å². The Balaban J connectivity index is 1.88. The van der Waals surface area contributed by atoms with Gasteiger partial charge in [-0.15, -0.1) is 0 Å². The molecule has 3 rings (SSSR count). The number of hydrogen-bond acceptors (Lipinski definition) is 3. The molecule has 1 atom stereocenters. The molecule has 0 aliphatic heterocycles. The minimum atomic E-state index is -4.99. The second-order valence-corrected chi connectivity index (χ2v) is 7.34. The van der Waals surface area contributed by atoms with Gasteiger partial charge in [0.15, 0.2) is 0 Å². The average Bonchev–Trinajstić information content (AvgIpc) is 2.95. The number of fused-ring (bicyclic) bond motifs is 1. The topological polar surface area (TPSA) is 82.2 Å². The lowest BCUT2D eigenvalue weighted by Crippen LogP contribution is -2.47. The number of alkyl halides is 3. The first-order valence-corrected chi connectivity index (χ1v) is 8.40. The Kier molecular flexibility index (Phi) is 4.53. The molecule has 0 radical (unpaired) electrons. The molecule has 2 aromatic rings. The molecule has 0 fully saturated rings. The molecule has 27 heavy (non-hydrogen) atoms. The Morgan fingerprint density at radius 2 is 1.96 bits per heavy atom. The van der Waals surface area contributed by atoms with E-state index in [0.29, 0.717) is 0 Å². The lowest BCUT2D eigenvalue weighted by molar-refractivity contribution is -0.168. The van der Waals surface area contributed by atoms with Crippen molar-refractivity contribution in [3.05, 3.63) is 47.3 Å². The Bertz CT molecular complexity index is 941. The van der Waals surface area contributed by atoms with E-state index in [1.165, 1.54) is 13.8 Å². The van der Waals surface area contributed by atoms with E-state index in [1.54, 1.807) is 6.20 Å². The van der Waals surface area contributed by atoms with Crippen LogP contribution < -0.4 is 5.32 Å². The van der Waals surface area contributed by atoms with Crippen molar-refractivity contribution in [3.63, 3.8) is 0 Å². The van der Waals surface area contributed by atoms with Crippen molar-refractivity contribution in [1.29, 1.82) is 0 Å². The number of Topliss-reactive ketones (excluding diaryl/α,β-unsaturated/α-hetero) is 1. The van der Waals surface area contributed by atoms with Crippen LogP contribution in [0.5, 0.6) is 0 Å². The van der Waals surface area contributed by atoms with E-state index in [1.807, 2.05) is 24.3 Å². The normalized spacial score (nSPS) is 17.5. The molecule has 0 bridgehead atoms. The van der Waals surface area contributed by atoms with Crippen LogP contribution in [-0.2, 0) is 16.0 Å². The molecule has 0 spiro atoms. The molecule has 8 heteroatoms. The van der Waals surface area contributed by atoms with E-state index in [9.17, 15) is 27.9 Å². The van der Waals surface area contributed by atoms with E-state index in [-0.39, 0.29) is 24.1 Å². The molecule has 1 aromatic heterocycles. The summed E-state index contributed by atoms with van der Waals surface area (Å²) >= 11 is 0. The number of rotatable bonds is 6. The fourth-order valence-electron chi connectivity index (χ4n) is 3.56. The molecule has 1 aliphatic rings. The number of H-pyrrole nitrogens is 1. The number of hydrogen-bond donors (Lipinski definition) is 3. The van der Waals surface area contributed by atoms with E-state index >= 15 is 0 Å². The fourth-order valence-corrected chi connectivity index (χ4v) is 3.56. The number of nitrogens with one attached hydrogen (secondary N) is 2. The van der Waals surface area contributed by atoms with Crippen molar-refractivity contribution in [1.82, 2.24) is 10.3 Å². The number of carboxylic acids is 1. The van der Waals surface area contributed by atoms with Crippen LogP contribution in [0, 0.1) is 5.41 Å². The maximum Gasteiger partial charge on any atom is 0.454 e. The summed E-state index contributed by atoms with van der Waals surface area (Å²) in [6.45, 7) is 3.07. The number of ketones is 1. The number of carbonyl (C=O) groups excluding carboxylic acids is 1. The van der Waals surface area contributed by atoms with Gasteiger partial charge in [-0.05, 0) is 18.1 Å². The molecular formula is C19H19F3N2O3. The predicted molar refractivity (Wildman–Crippen MR) is 93.0 cm³/mol. The van der Waals surface area contributed by atoms with Gasteiger partial charge >= 0.3 is 12.1 Å². The van der Waals surface area contributed by atoms with Crippen molar-refractivity contribution in [2.75, 3.05) is 0 Å². The second-order valence-electron chi connectivity index (χ2n) is 7.34.